The first kappa shape index (κ1) is 20.6. The van der Waals surface area contributed by atoms with Gasteiger partial charge < -0.3 is 14.1 Å². The highest BCUT2D eigenvalue weighted by Crippen LogP contribution is 2.22. The average Bonchev–Trinajstić information content (AvgIpc) is 2.74. The van der Waals surface area contributed by atoms with Gasteiger partial charge in [-0.3, -0.25) is 0 Å². The van der Waals surface area contributed by atoms with Gasteiger partial charge in [-0.15, -0.1) is 0 Å². The standard InChI is InChI=1S/C22H24N2O5S/c1-16-3-6-19(7-4-16)30(26,27)24-11-9-23(10-12-24)15-17-13-22(25)29-21-14-18(28-2)5-8-20(17)21/h3-8,13-14H,9-12,15H2,1-2H3/p+1. The molecule has 0 atom stereocenters. The lowest BCUT2D eigenvalue weighted by molar-refractivity contribution is -0.917. The lowest BCUT2D eigenvalue weighted by atomic mass is 10.1. The van der Waals surface area contributed by atoms with Crippen LogP contribution in [0.4, 0.5) is 0 Å². The summed E-state index contributed by atoms with van der Waals surface area (Å²) in [6.07, 6.45) is 0. The first-order chi connectivity index (χ1) is 14.4. The number of quaternary nitrogens is 1. The molecule has 0 unspecified atom stereocenters. The maximum atomic E-state index is 12.9. The van der Waals surface area contributed by atoms with Crippen molar-refractivity contribution in [2.75, 3.05) is 33.3 Å². The molecule has 4 rings (SSSR count). The predicted octanol–water partition coefficient (Wildman–Crippen LogP) is 1.20. The molecule has 2 heterocycles. The SMILES string of the molecule is COc1ccc2c(C[NH+]3CCN(S(=O)(=O)c4ccc(C)cc4)CC3)cc(=O)oc2c1. The zero-order chi connectivity index (χ0) is 21.3. The quantitative estimate of drug-likeness (QED) is 0.617. The fourth-order valence-corrected chi connectivity index (χ4v) is 5.27. The molecule has 1 aliphatic rings. The lowest BCUT2D eigenvalue weighted by Crippen LogP contribution is -3.13. The molecule has 1 saturated heterocycles. The van der Waals surface area contributed by atoms with Crippen molar-refractivity contribution >= 4 is 21.0 Å². The van der Waals surface area contributed by atoms with E-state index in [-0.39, 0.29) is 0 Å². The molecule has 8 heteroatoms. The smallest absolute Gasteiger partial charge is 0.336 e. The van der Waals surface area contributed by atoms with E-state index in [4.69, 9.17) is 9.15 Å². The zero-order valence-corrected chi connectivity index (χ0v) is 17.9. The number of rotatable bonds is 5. The Labute approximate surface area is 175 Å². The summed E-state index contributed by atoms with van der Waals surface area (Å²) in [4.78, 5) is 13.6. The maximum Gasteiger partial charge on any atom is 0.336 e. The van der Waals surface area contributed by atoms with Crippen LogP contribution in [0.3, 0.4) is 0 Å². The molecule has 0 amide bonds. The van der Waals surface area contributed by atoms with Gasteiger partial charge in [0, 0.05) is 23.1 Å². The van der Waals surface area contributed by atoms with Crippen LogP contribution in [0, 0.1) is 6.92 Å². The topological polar surface area (TPSA) is 81.3 Å². The van der Waals surface area contributed by atoms with Crippen molar-refractivity contribution in [2.24, 2.45) is 0 Å². The third-order valence-electron chi connectivity index (χ3n) is 5.57. The summed E-state index contributed by atoms with van der Waals surface area (Å²) < 4.78 is 37.9. The average molecular weight is 430 g/mol. The van der Waals surface area contributed by atoms with Gasteiger partial charge in [0.1, 0.15) is 17.9 Å². The number of fused-ring (bicyclic) bond motifs is 1. The summed E-state index contributed by atoms with van der Waals surface area (Å²) in [6.45, 7) is 4.79. The van der Waals surface area contributed by atoms with Gasteiger partial charge in [-0.25, -0.2) is 13.2 Å². The number of nitrogens with zero attached hydrogens (tertiary/aromatic N) is 1. The largest absolute Gasteiger partial charge is 0.497 e. The number of aryl methyl sites for hydroxylation is 1. The summed E-state index contributed by atoms with van der Waals surface area (Å²) in [6, 6.07) is 13.9. The lowest BCUT2D eigenvalue weighted by Gasteiger charge is -2.31. The Morgan fingerprint density at radius 3 is 2.43 bits per heavy atom. The fourth-order valence-electron chi connectivity index (χ4n) is 3.83. The van der Waals surface area contributed by atoms with Crippen molar-refractivity contribution in [1.82, 2.24) is 4.31 Å². The van der Waals surface area contributed by atoms with Crippen LogP contribution in [0.5, 0.6) is 5.75 Å². The molecule has 1 aliphatic heterocycles. The van der Waals surface area contributed by atoms with Crippen molar-refractivity contribution in [2.45, 2.75) is 18.4 Å². The van der Waals surface area contributed by atoms with Crippen LogP contribution in [0.2, 0.25) is 0 Å². The van der Waals surface area contributed by atoms with Gasteiger partial charge in [0.2, 0.25) is 10.0 Å². The van der Waals surface area contributed by atoms with Crippen LogP contribution in [-0.2, 0) is 16.6 Å². The third-order valence-corrected chi connectivity index (χ3v) is 7.48. The Hall–Kier alpha value is -2.68. The number of sulfonamides is 1. The Morgan fingerprint density at radius 2 is 1.77 bits per heavy atom. The highest BCUT2D eigenvalue weighted by molar-refractivity contribution is 7.89. The van der Waals surface area contributed by atoms with E-state index in [1.807, 2.05) is 31.2 Å². The van der Waals surface area contributed by atoms with E-state index in [1.165, 1.54) is 11.0 Å². The molecule has 7 nitrogen and oxygen atoms in total. The number of nitrogens with one attached hydrogen (secondary N) is 1. The van der Waals surface area contributed by atoms with Gasteiger partial charge in [-0.2, -0.15) is 4.31 Å². The number of benzene rings is 2. The Kier molecular flexibility index (Phi) is 5.64. The Morgan fingerprint density at radius 1 is 1.07 bits per heavy atom. The monoisotopic (exact) mass is 429 g/mol. The second-order valence-corrected chi connectivity index (χ2v) is 9.53. The third kappa shape index (κ3) is 4.12. The highest BCUT2D eigenvalue weighted by Gasteiger charge is 2.30. The summed E-state index contributed by atoms with van der Waals surface area (Å²) in [7, 11) is -1.92. The molecule has 0 spiro atoms. The van der Waals surface area contributed by atoms with E-state index in [9.17, 15) is 13.2 Å². The molecule has 30 heavy (non-hydrogen) atoms. The fraction of sp³-hybridized carbons (Fsp3) is 0.318. The molecule has 3 aromatic rings. The van der Waals surface area contributed by atoms with Crippen LogP contribution in [0.15, 0.2) is 62.6 Å². The zero-order valence-electron chi connectivity index (χ0n) is 17.1. The molecule has 158 valence electrons. The van der Waals surface area contributed by atoms with Gasteiger partial charge in [-0.1, -0.05) is 17.7 Å². The molecular formula is C22H25N2O5S+. The minimum absolute atomic E-state index is 0.331. The first-order valence-corrected chi connectivity index (χ1v) is 11.3. The Bertz CT molecular complexity index is 1210. The molecule has 0 aliphatic carbocycles. The minimum atomic E-state index is -3.48. The number of methoxy groups -OCH3 is 1. The number of hydrogen-bond acceptors (Lipinski definition) is 5. The minimum Gasteiger partial charge on any atom is -0.497 e. The van der Waals surface area contributed by atoms with Gasteiger partial charge in [0.15, 0.2) is 0 Å². The van der Waals surface area contributed by atoms with Crippen LogP contribution >= 0.6 is 0 Å². The van der Waals surface area contributed by atoms with E-state index in [1.54, 1.807) is 29.6 Å². The van der Waals surface area contributed by atoms with E-state index >= 15 is 0 Å². The maximum absolute atomic E-state index is 12.9. The molecule has 2 aromatic carbocycles. The predicted molar refractivity (Wildman–Crippen MR) is 113 cm³/mol. The summed E-state index contributed by atoms with van der Waals surface area (Å²) in [5, 5.41) is 0.873. The van der Waals surface area contributed by atoms with Gasteiger partial charge in [0.05, 0.1) is 38.2 Å². The summed E-state index contributed by atoms with van der Waals surface area (Å²) >= 11 is 0. The van der Waals surface area contributed by atoms with E-state index < -0.39 is 15.6 Å². The van der Waals surface area contributed by atoms with Crippen molar-refractivity contribution in [3.63, 3.8) is 0 Å². The molecule has 0 bridgehead atoms. The summed E-state index contributed by atoms with van der Waals surface area (Å²) in [5.74, 6) is 0.630. The van der Waals surface area contributed by atoms with Crippen molar-refractivity contribution in [3.8, 4) is 5.75 Å². The highest BCUT2D eigenvalue weighted by atomic mass is 32.2. The van der Waals surface area contributed by atoms with Gasteiger partial charge >= 0.3 is 5.63 Å². The van der Waals surface area contributed by atoms with Crippen molar-refractivity contribution in [3.05, 3.63) is 70.1 Å². The van der Waals surface area contributed by atoms with E-state index in [0.717, 1.165) is 16.5 Å². The van der Waals surface area contributed by atoms with Gasteiger partial charge in [-0.05, 0) is 31.2 Å². The molecule has 1 N–H and O–H groups in total. The van der Waals surface area contributed by atoms with Crippen LogP contribution in [0.25, 0.3) is 11.0 Å². The number of hydrogen-bond donors (Lipinski definition) is 1. The second-order valence-electron chi connectivity index (χ2n) is 7.60. The molecule has 1 aromatic heterocycles. The van der Waals surface area contributed by atoms with E-state index in [2.05, 4.69) is 0 Å². The van der Waals surface area contributed by atoms with E-state index in [0.29, 0.717) is 49.0 Å². The van der Waals surface area contributed by atoms with Crippen LogP contribution in [0.1, 0.15) is 11.1 Å². The van der Waals surface area contributed by atoms with Crippen LogP contribution in [-0.4, -0.2) is 46.0 Å². The molecule has 0 saturated carbocycles. The first-order valence-electron chi connectivity index (χ1n) is 9.88. The van der Waals surface area contributed by atoms with Gasteiger partial charge in [0.25, 0.3) is 0 Å². The molecule has 1 fully saturated rings. The molecule has 0 radical (unpaired) electrons. The number of piperazine rings is 1. The normalized spacial score (nSPS) is 16.1. The van der Waals surface area contributed by atoms with Crippen molar-refractivity contribution < 1.29 is 22.5 Å². The molecular weight excluding hydrogens is 404 g/mol. The summed E-state index contributed by atoms with van der Waals surface area (Å²) in [5.41, 5.74) is 2.02. The second kappa shape index (κ2) is 8.22. The Balaban J connectivity index is 1.49. The van der Waals surface area contributed by atoms with Crippen LogP contribution < -0.4 is 15.3 Å². The van der Waals surface area contributed by atoms with Crippen molar-refractivity contribution in [1.29, 1.82) is 0 Å². The number of ether oxygens (including phenoxy) is 1.